The number of benzene rings is 1. The number of amides is 1. The zero-order valence-electron chi connectivity index (χ0n) is 14.1. The molecule has 0 aromatic heterocycles. The van der Waals surface area contributed by atoms with Crippen LogP contribution in [0.1, 0.15) is 44.0 Å². The Kier molecular flexibility index (Phi) is 6.14. The number of rotatable bonds is 5. The number of halogens is 1. The Morgan fingerprint density at radius 3 is 2.87 bits per heavy atom. The van der Waals surface area contributed by atoms with Crippen molar-refractivity contribution in [3.05, 3.63) is 28.2 Å². The molecule has 0 aliphatic carbocycles. The Morgan fingerprint density at radius 2 is 2.22 bits per heavy atom. The van der Waals surface area contributed by atoms with Crippen molar-refractivity contribution in [1.82, 2.24) is 4.90 Å². The van der Waals surface area contributed by atoms with Gasteiger partial charge in [-0.05, 0) is 38.5 Å². The van der Waals surface area contributed by atoms with Crippen molar-refractivity contribution in [2.75, 3.05) is 19.4 Å². The minimum atomic E-state index is -0.254. The summed E-state index contributed by atoms with van der Waals surface area (Å²) in [5, 5.41) is 0.818. The first-order valence-electron chi connectivity index (χ1n) is 7.76. The molecule has 1 saturated heterocycles. The molecule has 1 aromatic rings. The highest BCUT2D eigenvalue weighted by Gasteiger charge is 2.37. The average Bonchev–Trinajstić information content (AvgIpc) is 2.79. The van der Waals surface area contributed by atoms with Crippen LogP contribution < -0.4 is 4.74 Å². The molecule has 0 saturated carbocycles. The second-order valence-electron chi connectivity index (χ2n) is 6.15. The molecule has 1 aromatic carbocycles. The van der Waals surface area contributed by atoms with Crippen LogP contribution in [0.3, 0.4) is 0 Å². The van der Waals surface area contributed by atoms with Crippen molar-refractivity contribution >= 4 is 38.8 Å². The number of amidine groups is 1. The predicted molar refractivity (Wildman–Crippen MR) is 101 cm³/mol. The number of hydrogen-bond acceptors (Lipinski definition) is 3. The second-order valence-corrected chi connectivity index (χ2v) is 8.01. The van der Waals surface area contributed by atoms with E-state index in [4.69, 9.17) is 4.74 Å². The van der Waals surface area contributed by atoms with Crippen LogP contribution in [0.4, 0.5) is 0 Å². The molecule has 0 atom stereocenters. The highest BCUT2D eigenvalue weighted by atomic mass is 79.9. The molecule has 0 bridgehead atoms. The van der Waals surface area contributed by atoms with E-state index >= 15 is 0 Å². The van der Waals surface area contributed by atoms with E-state index in [-0.39, 0.29) is 11.4 Å². The van der Waals surface area contributed by atoms with Gasteiger partial charge in [0.25, 0.3) is 5.91 Å². The van der Waals surface area contributed by atoms with Crippen LogP contribution in [0.2, 0.25) is 0 Å². The Hall–Kier alpha value is -1.01. The van der Waals surface area contributed by atoms with Gasteiger partial charge in [0.15, 0.2) is 5.17 Å². The van der Waals surface area contributed by atoms with E-state index in [0.29, 0.717) is 11.3 Å². The van der Waals surface area contributed by atoms with Crippen molar-refractivity contribution < 1.29 is 9.53 Å². The first kappa shape index (κ1) is 18.3. The Labute approximate surface area is 150 Å². The lowest BCUT2D eigenvalue weighted by atomic mass is 10.1. The third kappa shape index (κ3) is 4.29. The summed E-state index contributed by atoms with van der Waals surface area (Å²) in [5.41, 5.74) is 0.520. The molecule has 126 valence electrons. The monoisotopic (exact) mass is 398 g/mol. The molecule has 0 radical (unpaired) electrons. The number of nitrogens with zero attached hydrogens (tertiary/aromatic N) is 2. The molecule has 0 N–H and O–H groups in total. The summed E-state index contributed by atoms with van der Waals surface area (Å²) >= 11 is 5.04. The van der Waals surface area contributed by atoms with Gasteiger partial charge in [-0.15, -0.1) is 0 Å². The zero-order chi connectivity index (χ0) is 17.0. The van der Waals surface area contributed by atoms with E-state index in [1.807, 2.05) is 6.07 Å². The smallest absolute Gasteiger partial charge is 0.283 e. The lowest BCUT2D eigenvalue weighted by molar-refractivity contribution is 0.0998. The maximum absolute atomic E-state index is 12.6. The van der Waals surface area contributed by atoms with Gasteiger partial charge in [-0.3, -0.25) is 4.79 Å². The van der Waals surface area contributed by atoms with E-state index in [9.17, 15) is 4.79 Å². The Balaban J connectivity index is 2.27. The Bertz CT molecular complexity index is 617. The van der Waals surface area contributed by atoms with Crippen LogP contribution in [0.25, 0.3) is 0 Å². The topological polar surface area (TPSA) is 41.9 Å². The molecular formula is C17H23BrN2O2S. The van der Waals surface area contributed by atoms with Crippen molar-refractivity contribution in [1.29, 1.82) is 0 Å². The van der Waals surface area contributed by atoms with Crippen LogP contribution in [-0.4, -0.2) is 40.9 Å². The lowest BCUT2D eigenvalue weighted by Gasteiger charge is -2.32. The number of aliphatic imine (C=N–C) groups is 1. The van der Waals surface area contributed by atoms with Crippen LogP contribution >= 0.6 is 27.7 Å². The standard InChI is InChI=1S/C17H23BrN2O2S/c1-5-6-9-20-16(23-11-17(20,2)3)19-15(21)13-8-7-12(18)10-14(13)22-4/h7-8,10H,5-6,9,11H2,1-4H3. The summed E-state index contributed by atoms with van der Waals surface area (Å²) in [5.74, 6) is 1.23. The maximum atomic E-state index is 12.6. The van der Waals surface area contributed by atoms with Gasteiger partial charge in [0.1, 0.15) is 5.75 Å². The molecule has 2 rings (SSSR count). The number of methoxy groups -OCH3 is 1. The number of thioether (sulfide) groups is 1. The van der Waals surface area contributed by atoms with Gasteiger partial charge in [-0.25, -0.2) is 0 Å². The van der Waals surface area contributed by atoms with Crippen molar-refractivity contribution in [3.63, 3.8) is 0 Å². The lowest BCUT2D eigenvalue weighted by Crippen LogP contribution is -2.43. The molecule has 0 spiro atoms. The molecule has 1 aliphatic rings. The van der Waals surface area contributed by atoms with E-state index in [1.54, 1.807) is 31.0 Å². The highest BCUT2D eigenvalue weighted by Crippen LogP contribution is 2.33. The Morgan fingerprint density at radius 1 is 1.48 bits per heavy atom. The number of unbranched alkanes of at least 4 members (excludes halogenated alkanes) is 1. The van der Waals surface area contributed by atoms with Gasteiger partial charge >= 0.3 is 0 Å². The van der Waals surface area contributed by atoms with Crippen molar-refractivity contribution in [3.8, 4) is 5.75 Å². The van der Waals surface area contributed by atoms with E-state index < -0.39 is 0 Å². The van der Waals surface area contributed by atoms with Crippen molar-refractivity contribution in [2.24, 2.45) is 4.99 Å². The van der Waals surface area contributed by atoms with Gasteiger partial charge in [-0.2, -0.15) is 4.99 Å². The van der Waals surface area contributed by atoms with Crippen LogP contribution in [0, 0.1) is 0 Å². The zero-order valence-corrected chi connectivity index (χ0v) is 16.5. The number of carbonyl (C=O) groups excluding carboxylic acids is 1. The molecule has 6 heteroatoms. The first-order valence-corrected chi connectivity index (χ1v) is 9.54. The summed E-state index contributed by atoms with van der Waals surface area (Å²) in [7, 11) is 1.56. The number of hydrogen-bond donors (Lipinski definition) is 0. The molecule has 1 heterocycles. The first-order chi connectivity index (χ1) is 10.9. The van der Waals surface area contributed by atoms with Crippen LogP contribution in [0.5, 0.6) is 5.75 Å². The van der Waals surface area contributed by atoms with Crippen LogP contribution in [0.15, 0.2) is 27.7 Å². The summed E-state index contributed by atoms with van der Waals surface area (Å²) in [4.78, 5) is 19.2. The fraction of sp³-hybridized carbons (Fsp3) is 0.529. The predicted octanol–water partition coefficient (Wildman–Crippen LogP) is 4.58. The van der Waals surface area contributed by atoms with Gasteiger partial charge in [0.05, 0.1) is 12.7 Å². The molecule has 1 amide bonds. The molecule has 23 heavy (non-hydrogen) atoms. The summed E-state index contributed by atoms with van der Waals surface area (Å²) in [6, 6.07) is 5.36. The summed E-state index contributed by atoms with van der Waals surface area (Å²) in [6.45, 7) is 7.50. The average molecular weight is 399 g/mol. The van der Waals surface area contributed by atoms with E-state index in [1.165, 1.54) is 0 Å². The molecule has 1 aliphatic heterocycles. The van der Waals surface area contributed by atoms with Gasteiger partial charge in [0, 0.05) is 22.3 Å². The number of carbonyl (C=O) groups is 1. The summed E-state index contributed by atoms with van der Waals surface area (Å²) in [6.07, 6.45) is 2.22. The fourth-order valence-electron chi connectivity index (χ4n) is 2.45. The quantitative estimate of drug-likeness (QED) is 0.727. The van der Waals surface area contributed by atoms with E-state index in [2.05, 4.69) is 46.6 Å². The maximum Gasteiger partial charge on any atom is 0.283 e. The number of ether oxygens (including phenoxy) is 1. The third-order valence-corrected chi connectivity index (χ3v) is 5.76. The molecule has 0 unspecified atom stereocenters. The minimum Gasteiger partial charge on any atom is -0.496 e. The van der Waals surface area contributed by atoms with Gasteiger partial charge < -0.3 is 9.64 Å². The fourth-order valence-corrected chi connectivity index (χ4v) is 4.07. The largest absolute Gasteiger partial charge is 0.496 e. The van der Waals surface area contributed by atoms with Gasteiger partial charge in [0.2, 0.25) is 0 Å². The highest BCUT2D eigenvalue weighted by molar-refractivity contribution is 9.10. The normalized spacial score (nSPS) is 18.5. The van der Waals surface area contributed by atoms with Gasteiger partial charge in [-0.1, -0.05) is 41.0 Å². The van der Waals surface area contributed by atoms with E-state index in [0.717, 1.165) is 34.8 Å². The summed E-state index contributed by atoms with van der Waals surface area (Å²) < 4.78 is 6.18. The third-order valence-electron chi connectivity index (χ3n) is 3.84. The molecule has 4 nitrogen and oxygen atoms in total. The van der Waals surface area contributed by atoms with Crippen LogP contribution in [-0.2, 0) is 0 Å². The minimum absolute atomic E-state index is 0.0305. The second kappa shape index (κ2) is 7.71. The SMILES string of the molecule is CCCCN1C(=NC(=O)c2ccc(Br)cc2OC)SCC1(C)C. The molecule has 1 fully saturated rings. The molecular weight excluding hydrogens is 376 g/mol. The van der Waals surface area contributed by atoms with Crippen molar-refractivity contribution in [2.45, 2.75) is 39.2 Å².